The second-order valence-corrected chi connectivity index (χ2v) is 13.2. The van der Waals surface area contributed by atoms with Crippen LogP contribution in [-0.2, 0) is 28.5 Å². The molecule has 2 heterocycles. The van der Waals surface area contributed by atoms with Crippen LogP contribution in [0, 0.1) is 0 Å². The molecule has 3 rings (SSSR count). The van der Waals surface area contributed by atoms with Crippen LogP contribution >= 0.6 is 0 Å². The number of ether oxygens (including phenoxy) is 5. The van der Waals surface area contributed by atoms with Crippen molar-refractivity contribution in [1.82, 2.24) is 21.3 Å². The maximum absolute atomic E-state index is 12.6. The van der Waals surface area contributed by atoms with Crippen molar-refractivity contribution in [3.63, 3.8) is 0 Å². The fourth-order valence-electron chi connectivity index (χ4n) is 5.72. The van der Waals surface area contributed by atoms with Crippen molar-refractivity contribution in [2.24, 2.45) is 11.5 Å². The van der Waals surface area contributed by atoms with Crippen molar-refractivity contribution < 1.29 is 48.6 Å². The van der Waals surface area contributed by atoms with Crippen LogP contribution in [0.15, 0.2) is 11.8 Å². The number of alkyl carbamates (subject to hydrolysis) is 1. The number of likely N-dealkylation sites (N-methyl/N-ethyl adjacent to an activating group) is 2. The van der Waals surface area contributed by atoms with Crippen LogP contribution in [0.4, 0.5) is 4.79 Å². The molecular formula is C29H54N6O10. The molecule has 260 valence electrons. The minimum Gasteiger partial charge on any atom is -0.466 e. The summed E-state index contributed by atoms with van der Waals surface area (Å²) in [5.74, 6) is -0.0633. The smallest absolute Gasteiger partial charge is 0.408 e. The molecular weight excluding hydrogens is 592 g/mol. The highest BCUT2D eigenvalue weighted by molar-refractivity contribution is 5.85. The van der Waals surface area contributed by atoms with E-state index in [0.717, 1.165) is 0 Å². The second kappa shape index (κ2) is 15.6. The summed E-state index contributed by atoms with van der Waals surface area (Å²) in [6.45, 7) is 10.6. The summed E-state index contributed by atoms with van der Waals surface area (Å²) < 4.78 is 29.2. The molecule has 3 aliphatic rings. The van der Waals surface area contributed by atoms with E-state index in [2.05, 4.69) is 21.3 Å². The average molecular weight is 647 g/mol. The van der Waals surface area contributed by atoms with Crippen LogP contribution in [-0.4, -0.2) is 132 Å². The fourth-order valence-corrected chi connectivity index (χ4v) is 5.72. The van der Waals surface area contributed by atoms with E-state index in [4.69, 9.17) is 35.2 Å². The molecule has 0 aromatic carbocycles. The number of aliphatic hydroxyl groups excluding tert-OH is 2. The first-order valence-electron chi connectivity index (χ1n) is 15.5. The van der Waals surface area contributed by atoms with Crippen molar-refractivity contribution in [3.8, 4) is 0 Å². The zero-order valence-corrected chi connectivity index (χ0v) is 27.3. The first-order chi connectivity index (χ1) is 21.0. The van der Waals surface area contributed by atoms with E-state index in [-0.39, 0.29) is 13.2 Å². The van der Waals surface area contributed by atoms with Gasteiger partial charge in [0.2, 0.25) is 12.2 Å². The van der Waals surface area contributed by atoms with E-state index >= 15 is 0 Å². The predicted molar refractivity (Wildman–Crippen MR) is 162 cm³/mol. The van der Waals surface area contributed by atoms with Gasteiger partial charge in [-0.3, -0.25) is 4.79 Å². The van der Waals surface area contributed by atoms with Gasteiger partial charge in [-0.15, -0.1) is 0 Å². The molecule has 16 nitrogen and oxygen atoms in total. The summed E-state index contributed by atoms with van der Waals surface area (Å²) >= 11 is 0. The maximum Gasteiger partial charge on any atom is 0.408 e. The highest BCUT2D eigenvalue weighted by Gasteiger charge is 2.51. The molecule has 0 aromatic rings. The van der Waals surface area contributed by atoms with Gasteiger partial charge < -0.3 is 71.7 Å². The van der Waals surface area contributed by atoms with Crippen molar-refractivity contribution in [1.29, 1.82) is 0 Å². The summed E-state index contributed by atoms with van der Waals surface area (Å²) in [6, 6.07) is -3.22. The van der Waals surface area contributed by atoms with Gasteiger partial charge in [0.25, 0.3) is 0 Å². The zero-order chi connectivity index (χ0) is 33.7. The summed E-state index contributed by atoms with van der Waals surface area (Å²) in [6.07, 6.45) is -4.75. The Morgan fingerprint density at radius 1 is 1.13 bits per heavy atom. The number of rotatable bonds is 11. The molecule has 1 unspecified atom stereocenters. The topological polar surface area (TPSA) is 241 Å². The Labute approximate surface area is 264 Å². The first kappa shape index (κ1) is 37.3. The van der Waals surface area contributed by atoms with Gasteiger partial charge in [0.1, 0.15) is 47.4 Å². The van der Waals surface area contributed by atoms with Crippen molar-refractivity contribution in [3.05, 3.63) is 11.8 Å². The van der Waals surface area contributed by atoms with Crippen molar-refractivity contribution in [2.75, 3.05) is 26.7 Å². The number of amides is 2. The fraction of sp³-hybridized carbons (Fsp3) is 0.862. The number of aliphatic hydroxyl groups is 3. The highest BCUT2D eigenvalue weighted by atomic mass is 16.7. The van der Waals surface area contributed by atoms with E-state index in [9.17, 15) is 24.9 Å². The molecule has 0 radical (unpaired) electrons. The predicted octanol–water partition coefficient (Wildman–Crippen LogP) is -2.13. The first-order valence-corrected chi connectivity index (χ1v) is 15.5. The lowest BCUT2D eigenvalue weighted by Crippen LogP contribution is -2.69. The SMILES string of the molecule is CCN[C@@H]1C[C@H](N)[C@@H](O[C@H]2OC(CNC(=O)[C@H](C)NC(=O)OC(C)(C)C)=CCC2N)[C@H](O)[C@H]1O[C@H]1OC[C@](C)(O)[C@H](NC)[C@H]1O. The van der Waals surface area contributed by atoms with Gasteiger partial charge in [-0.2, -0.15) is 0 Å². The van der Waals surface area contributed by atoms with E-state index in [1.54, 1.807) is 40.8 Å². The standard InChI is InChI=1S/C29H54N6O10/c1-8-33-18-11-17(31)21(19(36)22(18)44-26-20(37)23(32-7)29(6,40)13-41-26)43-25-16(30)10-9-15(42-25)12-34-24(38)14(2)35-27(39)45-28(3,4)5/h9,14,16-23,25-26,32-33,36-37,40H,8,10-13,30-31H2,1-7H3,(H,34,38)(H,35,39)/t14-,16?,17-,18+,19-,20+,21+,22-,23+,25+,26+,29-/m0/s1. The Morgan fingerprint density at radius 3 is 2.42 bits per heavy atom. The van der Waals surface area contributed by atoms with E-state index < -0.39 is 90.4 Å². The Bertz CT molecular complexity index is 1030. The average Bonchev–Trinajstić information content (AvgIpc) is 2.93. The molecule has 11 N–H and O–H groups in total. The molecule has 2 fully saturated rings. The van der Waals surface area contributed by atoms with Gasteiger partial charge in [-0.05, 0) is 67.1 Å². The molecule has 16 heteroatoms. The zero-order valence-electron chi connectivity index (χ0n) is 27.3. The third-order valence-electron chi connectivity index (χ3n) is 8.01. The number of hydrogen-bond donors (Lipinski definition) is 9. The normalized spacial score (nSPS) is 38.0. The van der Waals surface area contributed by atoms with E-state index in [0.29, 0.717) is 25.1 Å². The molecule has 1 saturated carbocycles. The summed E-state index contributed by atoms with van der Waals surface area (Å²) in [5, 5.41) is 44.4. The Morgan fingerprint density at radius 2 is 1.80 bits per heavy atom. The van der Waals surface area contributed by atoms with Gasteiger partial charge in [0.15, 0.2) is 6.29 Å². The van der Waals surface area contributed by atoms with Gasteiger partial charge in [-0.1, -0.05) is 6.92 Å². The quantitative estimate of drug-likeness (QED) is 0.117. The van der Waals surface area contributed by atoms with Gasteiger partial charge in [0, 0.05) is 12.1 Å². The van der Waals surface area contributed by atoms with E-state index in [1.165, 1.54) is 6.92 Å². The Balaban J connectivity index is 1.62. The number of nitrogens with two attached hydrogens (primary N) is 2. The van der Waals surface area contributed by atoms with Gasteiger partial charge in [-0.25, -0.2) is 4.79 Å². The number of carbonyl (C=O) groups is 2. The molecule has 1 aliphatic carbocycles. The van der Waals surface area contributed by atoms with Crippen LogP contribution in [0.25, 0.3) is 0 Å². The molecule has 1 saturated heterocycles. The highest BCUT2D eigenvalue weighted by Crippen LogP contribution is 2.32. The Kier molecular flexibility index (Phi) is 13.0. The lowest BCUT2D eigenvalue weighted by atomic mass is 9.83. The largest absolute Gasteiger partial charge is 0.466 e. The molecule has 0 bridgehead atoms. The number of carbonyl (C=O) groups excluding carboxylic acids is 2. The second-order valence-electron chi connectivity index (χ2n) is 13.2. The van der Waals surface area contributed by atoms with Crippen molar-refractivity contribution in [2.45, 2.75) is 133 Å². The molecule has 12 atom stereocenters. The molecule has 0 aromatic heterocycles. The Hall–Kier alpha value is -2.12. The van der Waals surface area contributed by atoms with Gasteiger partial charge in [0.05, 0.1) is 25.2 Å². The maximum atomic E-state index is 12.6. The summed E-state index contributed by atoms with van der Waals surface area (Å²) in [5.41, 5.74) is 10.7. The van der Waals surface area contributed by atoms with Crippen LogP contribution in [0.2, 0.25) is 0 Å². The number of hydrogen-bond acceptors (Lipinski definition) is 14. The summed E-state index contributed by atoms with van der Waals surface area (Å²) in [4.78, 5) is 24.6. The van der Waals surface area contributed by atoms with E-state index in [1.807, 2.05) is 6.92 Å². The lowest BCUT2D eigenvalue weighted by molar-refractivity contribution is -0.304. The van der Waals surface area contributed by atoms with Crippen LogP contribution in [0.3, 0.4) is 0 Å². The lowest BCUT2D eigenvalue weighted by Gasteiger charge is -2.49. The van der Waals surface area contributed by atoms with Crippen LogP contribution in [0.5, 0.6) is 0 Å². The molecule has 45 heavy (non-hydrogen) atoms. The monoisotopic (exact) mass is 646 g/mol. The molecule has 0 spiro atoms. The minimum atomic E-state index is -1.33. The minimum absolute atomic E-state index is 0.00652. The van der Waals surface area contributed by atoms with Crippen LogP contribution in [0.1, 0.15) is 54.4 Å². The molecule has 2 aliphatic heterocycles. The third kappa shape index (κ3) is 9.93. The van der Waals surface area contributed by atoms with Crippen LogP contribution < -0.4 is 32.7 Å². The third-order valence-corrected chi connectivity index (χ3v) is 8.01. The number of nitrogens with one attached hydrogen (secondary N) is 4. The molecule has 2 amide bonds. The van der Waals surface area contributed by atoms with Crippen molar-refractivity contribution >= 4 is 12.0 Å². The van der Waals surface area contributed by atoms with Gasteiger partial charge >= 0.3 is 6.09 Å². The summed E-state index contributed by atoms with van der Waals surface area (Å²) in [7, 11) is 1.62.